The molecule has 188 valence electrons. The molecule has 1 aliphatic rings. The summed E-state index contributed by atoms with van der Waals surface area (Å²) in [6.45, 7) is 2.01. The lowest BCUT2D eigenvalue weighted by Crippen LogP contribution is -2.30. The Labute approximate surface area is 212 Å². The Hall–Kier alpha value is -5.31. The van der Waals surface area contributed by atoms with Gasteiger partial charge < -0.3 is 31.0 Å². The highest BCUT2D eigenvalue weighted by molar-refractivity contribution is 5.99. The molecule has 0 radical (unpaired) electrons. The highest BCUT2D eigenvalue weighted by Gasteiger charge is 2.24. The van der Waals surface area contributed by atoms with Gasteiger partial charge in [-0.3, -0.25) is 10.2 Å². The molecule has 0 amide bonds. The first-order valence-corrected chi connectivity index (χ1v) is 11.1. The summed E-state index contributed by atoms with van der Waals surface area (Å²) in [4.78, 5) is 19.8. The van der Waals surface area contributed by atoms with E-state index in [4.69, 9.17) is 37.5 Å². The number of ether oxygens (including phenoxy) is 3. The van der Waals surface area contributed by atoms with Gasteiger partial charge in [0, 0.05) is 31.1 Å². The van der Waals surface area contributed by atoms with Gasteiger partial charge in [0.1, 0.15) is 36.7 Å². The molecule has 1 atom stereocenters. The zero-order chi connectivity index (χ0) is 26.4. The normalized spacial score (nSPS) is 13.1. The lowest BCUT2D eigenvalue weighted by Gasteiger charge is -2.25. The topological polar surface area (TPSA) is 183 Å². The third-order valence-corrected chi connectivity index (χ3v) is 5.14. The van der Waals surface area contributed by atoms with Crippen molar-refractivity contribution in [1.82, 2.24) is 9.97 Å². The highest BCUT2D eigenvalue weighted by atomic mass is 16.6. The minimum atomic E-state index is -0.743. The molecule has 3 aromatic rings. The number of anilines is 2. The van der Waals surface area contributed by atoms with Crippen LogP contribution in [0.5, 0.6) is 17.2 Å². The van der Waals surface area contributed by atoms with E-state index in [0.717, 1.165) is 0 Å². The summed E-state index contributed by atoms with van der Waals surface area (Å²) < 4.78 is 16.7. The van der Waals surface area contributed by atoms with E-state index in [1.165, 1.54) is 13.0 Å². The molecule has 2 aromatic carbocycles. The maximum atomic E-state index is 11.6. The molecule has 4 rings (SSSR count). The first kappa shape index (κ1) is 24.8. The smallest absolute Gasteiger partial charge is 0.308 e. The first-order valence-electron chi connectivity index (χ1n) is 11.1. The number of rotatable bonds is 8. The number of fused-ring (bicyclic) bond motifs is 1. The van der Waals surface area contributed by atoms with E-state index in [1.54, 1.807) is 42.7 Å². The first-order chi connectivity index (χ1) is 17.9. The largest absolute Gasteiger partial charge is 0.486 e. The van der Waals surface area contributed by atoms with Crippen LogP contribution in [0.15, 0.2) is 53.9 Å². The number of hydrazone groups is 1. The van der Waals surface area contributed by atoms with Crippen molar-refractivity contribution < 1.29 is 19.0 Å². The van der Waals surface area contributed by atoms with Crippen LogP contribution in [0, 0.1) is 17.8 Å². The number of nitrogen functional groups attached to an aromatic ring is 1. The van der Waals surface area contributed by atoms with E-state index in [-0.39, 0.29) is 28.9 Å². The molecular formula is C25H24N8O4. The summed E-state index contributed by atoms with van der Waals surface area (Å²) in [6, 6.07) is 9.18. The van der Waals surface area contributed by atoms with Crippen molar-refractivity contribution in [2.75, 3.05) is 24.0 Å². The molecule has 2 heterocycles. The van der Waals surface area contributed by atoms with Crippen molar-refractivity contribution in [2.24, 2.45) is 16.6 Å². The van der Waals surface area contributed by atoms with Crippen LogP contribution in [0.4, 0.5) is 11.6 Å². The number of benzene rings is 2. The molecule has 12 nitrogen and oxygen atoms in total. The number of aromatic nitrogens is 2. The van der Waals surface area contributed by atoms with Crippen molar-refractivity contribution in [1.29, 1.82) is 5.41 Å². The molecule has 12 heteroatoms. The van der Waals surface area contributed by atoms with Gasteiger partial charge in [-0.1, -0.05) is 5.92 Å². The number of hydrogen-bond donors (Lipinski definition) is 5. The quantitative estimate of drug-likeness (QED) is 0.0765. The van der Waals surface area contributed by atoms with Gasteiger partial charge >= 0.3 is 5.97 Å². The number of nitrogens with two attached hydrogens (primary N) is 2. The van der Waals surface area contributed by atoms with Gasteiger partial charge in [0.05, 0.1) is 11.1 Å². The molecular weight excluding hydrogens is 476 g/mol. The third kappa shape index (κ3) is 5.85. The van der Waals surface area contributed by atoms with E-state index in [1.807, 2.05) is 0 Å². The molecule has 0 aliphatic carbocycles. The molecule has 0 spiro atoms. The highest BCUT2D eigenvalue weighted by Crippen LogP contribution is 2.37. The van der Waals surface area contributed by atoms with Crippen LogP contribution in [-0.2, 0) is 4.79 Å². The standard InChI is InChI=1S/C25H24N8O4/c1-3-15-11-16(12-20-22(15)36-10-9-35-20)21(24(28)32-33-25-29-7-4-8-30-25)31-17-5-6-18(23(26)27)19(13-17)37-14(2)34/h1,4-8,11-13,21,31H,9-10H2,2H3,(H3,26,27)(H2,28,32)(H,29,30,33). The maximum Gasteiger partial charge on any atom is 0.308 e. The summed E-state index contributed by atoms with van der Waals surface area (Å²) in [5, 5.41) is 15.3. The van der Waals surface area contributed by atoms with E-state index in [2.05, 4.69) is 31.7 Å². The lowest BCUT2D eigenvalue weighted by atomic mass is 10.0. The predicted octanol–water partition coefficient (Wildman–Crippen LogP) is 1.98. The van der Waals surface area contributed by atoms with Gasteiger partial charge in [-0.25, -0.2) is 15.4 Å². The number of esters is 1. The fourth-order valence-electron chi connectivity index (χ4n) is 3.55. The van der Waals surface area contributed by atoms with E-state index in [0.29, 0.717) is 41.5 Å². The Kier molecular flexibility index (Phi) is 7.34. The number of carbonyl (C=O) groups is 1. The van der Waals surface area contributed by atoms with Crippen LogP contribution in [0.3, 0.4) is 0 Å². The minimum Gasteiger partial charge on any atom is -0.486 e. The molecule has 0 saturated heterocycles. The summed E-state index contributed by atoms with van der Waals surface area (Å²) in [5.74, 6) is 3.23. The van der Waals surface area contributed by atoms with Gasteiger partial charge in [-0.05, 0) is 35.9 Å². The molecule has 0 fully saturated rings. The lowest BCUT2D eigenvalue weighted by molar-refractivity contribution is -0.131. The van der Waals surface area contributed by atoms with Crippen LogP contribution < -0.4 is 36.4 Å². The molecule has 0 saturated carbocycles. The summed E-state index contributed by atoms with van der Waals surface area (Å²) >= 11 is 0. The van der Waals surface area contributed by atoms with Crippen molar-refractivity contribution in [3.63, 3.8) is 0 Å². The van der Waals surface area contributed by atoms with E-state index >= 15 is 0 Å². The molecule has 1 aromatic heterocycles. The second-order valence-electron chi connectivity index (χ2n) is 7.75. The summed E-state index contributed by atoms with van der Waals surface area (Å²) in [7, 11) is 0. The van der Waals surface area contributed by atoms with Crippen LogP contribution in [-0.4, -0.2) is 40.8 Å². The second-order valence-corrected chi connectivity index (χ2v) is 7.75. The van der Waals surface area contributed by atoms with Crippen molar-refractivity contribution in [2.45, 2.75) is 13.0 Å². The Bertz CT molecular complexity index is 1400. The number of hydrogen-bond acceptors (Lipinski definition) is 10. The number of terminal acetylenes is 1. The van der Waals surface area contributed by atoms with Crippen LogP contribution >= 0.6 is 0 Å². The van der Waals surface area contributed by atoms with Crippen molar-refractivity contribution in [3.8, 4) is 29.6 Å². The monoisotopic (exact) mass is 500 g/mol. The van der Waals surface area contributed by atoms with Crippen molar-refractivity contribution >= 4 is 29.3 Å². The van der Waals surface area contributed by atoms with Gasteiger partial charge in [-0.2, -0.15) is 5.10 Å². The number of carbonyl (C=O) groups excluding carboxylic acids is 1. The second kappa shape index (κ2) is 11.0. The molecule has 1 aliphatic heterocycles. The number of nitrogens with one attached hydrogen (secondary N) is 3. The van der Waals surface area contributed by atoms with Crippen LogP contribution in [0.2, 0.25) is 0 Å². The summed E-state index contributed by atoms with van der Waals surface area (Å²) in [5.41, 5.74) is 16.6. The van der Waals surface area contributed by atoms with E-state index in [9.17, 15) is 4.79 Å². The maximum absolute atomic E-state index is 11.6. The number of amidine groups is 2. The molecule has 1 unspecified atom stereocenters. The minimum absolute atomic E-state index is 0.108. The van der Waals surface area contributed by atoms with Gasteiger partial charge in [0.15, 0.2) is 11.5 Å². The SMILES string of the molecule is C#Cc1cc(C(Nc2ccc(C(=N)N)c(OC(C)=O)c2)/C(N)=N/Nc2ncccn2)cc2c1OCCO2. The van der Waals surface area contributed by atoms with Gasteiger partial charge in [0.25, 0.3) is 0 Å². The van der Waals surface area contributed by atoms with Gasteiger partial charge in [0.2, 0.25) is 5.95 Å². The Morgan fingerprint density at radius 3 is 2.68 bits per heavy atom. The third-order valence-electron chi connectivity index (χ3n) is 5.14. The zero-order valence-corrected chi connectivity index (χ0v) is 19.8. The molecule has 0 bridgehead atoms. The fraction of sp³-hybridized carbons (Fsp3) is 0.160. The Morgan fingerprint density at radius 2 is 1.97 bits per heavy atom. The summed E-state index contributed by atoms with van der Waals surface area (Å²) in [6.07, 6.45) is 8.86. The Morgan fingerprint density at radius 1 is 1.22 bits per heavy atom. The van der Waals surface area contributed by atoms with Crippen molar-refractivity contribution in [3.05, 3.63) is 65.5 Å². The molecule has 7 N–H and O–H groups in total. The van der Waals surface area contributed by atoms with Crippen LogP contribution in [0.25, 0.3) is 0 Å². The average Bonchev–Trinajstić information content (AvgIpc) is 2.90. The molecule has 37 heavy (non-hydrogen) atoms. The van der Waals surface area contributed by atoms with E-state index < -0.39 is 12.0 Å². The number of nitrogens with zero attached hydrogens (tertiary/aromatic N) is 3. The Balaban J connectivity index is 1.75. The predicted molar refractivity (Wildman–Crippen MR) is 138 cm³/mol. The van der Waals surface area contributed by atoms with Crippen LogP contribution in [0.1, 0.15) is 29.7 Å². The average molecular weight is 501 g/mol. The zero-order valence-electron chi connectivity index (χ0n) is 19.8. The fourth-order valence-corrected chi connectivity index (χ4v) is 3.55. The van der Waals surface area contributed by atoms with Gasteiger partial charge in [-0.15, -0.1) is 6.42 Å².